The first-order chi connectivity index (χ1) is 13.0. The van der Waals surface area contributed by atoms with Gasteiger partial charge in [-0.2, -0.15) is 0 Å². The highest BCUT2D eigenvalue weighted by atomic mass is 16.5. The highest BCUT2D eigenvalue weighted by Crippen LogP contribution is 2.47. The van der Waals surface area contributed by atoms with Crippen LogP contribution in [0.2, 0.25) is 0 Å². The standard InChI is InChI=1S/C25H30O3/c1-16-13-20-21(25(4,5)12-11-24(20,2)3)15-19(16)17-7-9-22(26)18(14-17)8-10-23(27)28-6/h7-10,13-15,26H,11-12H2,1-6H3. The summed E-state index contributed by atoms with van der Waals surface area (Å²) in [5.74, 6) is -0.306. The van der Waals surface area contributed by atoms with Gasteiger partial charge in [0.1, 0.15) is 5.75 Å². The van der Waals surface area contributed by atoms with Crippen molar-refractivity contribution in [2.24, 2.45) is 0 Å². The SMILES string of the molecule is COC(=O)C=Cc1cc(-c2cc3c(cc2C)C(C)(C)CCC3(C)C)ccc1O. The Morgan fingerprint density at radius 3 is 2.25 bits per heavy atom. The quantitative estimate of drug-likeness (QED) is 0.534. The maximum absolute atomic E-state index is 11.4. The molecule has 3 nitrogen and oxygen atoms in total. The molecule has 1 N–H and O–H groups in total. The van der Waals surface area contributed by atoms with E-state index in [0.29, 0.717) is 5.56 Å². The number of carbonyl (C=O) groups is 1. The zero-order valence-electron chi connectivity index (χ0n) is 17.7. The summed E-state index contributed by atoms with van der Waals surface area (Å²) in [6.45, 7) is 11.4. The molecule has 0 atom stereocenters. The van der Waals surface area contributed by atoms with Gasteiger partial charge in [-0.15, -0.1) is 0 Å². The first-order valence-corrected chi connectivity index (χ1v) is 9.80. The molecule has 0 heterocycles. The second-order valence-corrected chi connectivity index (χ2v) is 9.11. The number of rotatable bonds is 3. The van der Waals surface area contributed by atoms with Gasteiger partial charge in [-0.3, -0.25) is 0 Å². The van der Waals surface area contributed by atoms with Crippen LogP contribution in [0.15, 0.2) is 36.4 Å². The molecule has 0 unspecified atom stereocenters. The molecule has 28 heavy (non-hydrogen) atoms. The lowest BCUT2D eigenvalue weighted by Crippen LogP contribution is -2.34. The predicted octanol–water partition coefficient (Wildman–Crippen LogP) is 5.90. The second-order valence-electron chi connectivity index (χ2n) is 9.11. The number of hydrogen-bond acceptors (Lipinski definition) is 3. The van der Waals surface area contributed by atoms with Crippen LogP contribution in [0, 0.1) is 6.92 Å². The molecule has 148 valence electrons. The predicted molar refractivity (Wildman–Crippen MR) is 115 cm³/mol. The van der Waals surface area contributed by atoms with Crippen molar-refractivity contribution in [3.63, 3.8) is 0 Å². The summed E-state index contributed by atoms with van der Waals surface area (Å²) in [6, 6.07) is 10.2. The van der Waals surface area contributed by atoms with Crippen molar-refractivity contribution in [3.05, 3.63) is 58.7 Å². The van der Waals surface area contributed by atoms with Gasteiger partial charge in [0.15, 0.2) is 0 Å². The van der Waals surface area contributed by atoms with Gasteiger partial charge >= 0.3 is 5.97 Å². The van der Waals surface area contributed by atoms with E-state index in [0.717, 1.165) is 17.5 Å². The van der Waals surface area contributed by atoms with Gasteiger partial charge in [0.25, 0.3) is 0 Å². The third-order valence-electron chi connectivity index (χ3n) is 6.14. The minimum Gasteiger partial charge on any atom is -0.507 e. The Kier molecular flexibility index (Phi) is 5.14. The van der Waals surface area contributed by atoms with E-state index in [1.165, 1.54) is 36.3 Å². The van der Waals surface area contributed by atoms with Gasteiger partial charge in [-0.25, -0.2) is 4.79 Å². The largest absolute Gasteiger partial charge is 0.507 e. The molecule has 3 rings (SSSR count). The monoisotopic (exact) mass is 378 g/mol. The number of methoxy groups -OCH3 is 1. The fraction of sp³-hybridized carbons (Fsp3) is 0.400. The minimum absolute atomic E-state index is 0.137. The van der Waals surface area contributed by atoms with Crippen LogP contribution in [-0.4, -0.2) is 18.2 Å². The van der Waals surface area contributed by atoms with Crippen molar-refractivity contribution in [1.82, 2.24) is 0 Å². The number of phenolic OH excluding ortho intramolecular Hbond substituents is 1. The number of benzene rings is 2. The summed E-state index contributed by atoms with van der Waals surface area (Å²) in [5, 5.41) is 10.2. The third-order valence-corrected chi connectivity index (χ3v) is 6.14. The molecule has 2 aromatic carbocycles. The lowest BCUT2D eigenvalue weighted by Gasteiger charge is -2.42. The van der Waals surface area contributed by atoms with E-state index in [1.54, 1.807) is 12.1 Å². The first-order valence-electron chi connectivity index (χ1n) is 9.80. The molecular formula is C25H30O3. The molecule has 0 amide bonds. The van der Waals surface area contributed by atoms with Crippen LogP contribution in [0.5, 0.6) is 5.75 Å². The van der Waals surface area contributed by atoms with Gasteiger partial charge in [0.2, 0.25) is 0 Å². The topological polar surface area (TPSA) is 46.5 Å². The smallest absolute Gasteiger partial charge is 0.330 e. The van der Waals surface area contributed by atoms with Crippen LogP contribution in [-0.2, 0) is 20.4 Å². The number of fused-ring (bicyclic) bond motifs is 1. The van der Waals surface area contributed by atoms with Crippen LogP contribution >= 0.6 is 0 Å². The number of aryl methyl sites for hydroxylation is 1. The molecule has 2 aromatic rings. The second kappa shape index (κ2) is 7.12. The number of aromatic hydroxyl groups is 1. The molecule has 0 bridgehead atoms. The van der Waals surface area contributed by atoms with E-state index >= 15 is 0 Å². The van der Waals surface area contributed by atoms with Crippen molar-refractivity contribution in [2.45, 2.75) is 58.3 Å². The third kappa shape index (κ3) is 3.71. The van der Waals surface area contributed by atoms with Crippen molar-refractivity contribution in [2.75, 3.05) is 7.11 Å². The lowest BCUT2D eigenvalue weighted by molar-refractivity contribution is -0.134. The van der Waals surface area contributed by atoms with Gasteiger partial charge in [-0.05, 0) is 76.6 Å². The number of phenols is 1. The molecule has 0 radical (unpaired) electrons. The molecule has 0 saturated carbocycles. The Morgan fingerprint density at radius 1 is 1.04 bits per heavy atom. The number of hydrogen-bond donors (Lipinski definition) is 1. The highest BCUT2D eigenvalue weighted by Gasteiger charge is 2.37. The summed E-state index contributed by atoms with van der Waals surface area (Å²) < 4.78 is 4.64. The molecule has 0 saturated heterocycles. The van der Waals surface area contributed by atoms with Gasteiger partial charge in [0.05, 0.1) is 7.11 Å². The summed E-state index contributed by atoms with van der Waals surface area (Å²) in [6.07, 6.45) is 5.27. The molecule has 3 heteroatoms. The minimum atomic E-state index is -0.446. The van der Waals surface area contributed by atoms with Crippen LogP contribution < -0.4 is 0 Å². The van der Waals surface area contributed by atoms with Crippen LogP contribution in [0.3, 0.4) is 0 Å². The summed E-state index contributed by atoms with van der Waals surface area (Å²) in [5.41, 5.74) is 7.17. The van der Waals surface area contributed by atoms with Crippen LogP contribution in [0.25, 0.3) is 17.2 Å². The zero-order chi connectivity index (χ0) is 20.7. The van der Waals surface area contributed by atoms with Crippen molar-refractivity contribution >= 4 is 12.0 Å². The van der Waals surface area contributed by atoms with Gasteiger partial charge < -0.3 is 9.84 Å². The zero-order valence-corrected chi connectivity index (χ0v) is 17.7. The van der Waals surface area contributed by atoms with Crippen molar-refractivity contribution < 1.29 is 14.6 Å². The van der Waals surface area contributed by atoms with E-state index in [9.17, 15) is 9.90 Å². The summed E-state index contributed by atoms with van der Waals surface area (Å²) in [4.78, 5) is 11.4. The Morgan fingerprint density at radius 2 is 1.64 bits per heavy atom. The molecule has 0 fully saturated rings. The van der Waals surface area contributed by atoms with Crippen molar-refractivity contribution in [3.8, 4) is 16.9 Å². The van der Waals surface area contributed by atoms with Crippen LogP contribution in [0.4, 0.5) is 0 Å². The normalized spacial score (nSPS) is 17.4. The Balaban J connectivity index is 2.13. The number of carbonyl (C=O) groups excluding carboxylic acids is 1. The molecular weight excluding hydrogens is 348 g/mol. The van der Waals surface area contributed by atoms with Crippen molar-refractivity contribution in [1.29, 1.82) is 0 Å². The molecule has 0 aromatic heterocycles. The molecule has 0 aliphatic heterocycles. The average molecular weight is 379 g/mol. The fourth-order valence-electron chi connectivity index (χ4n) is 4.11. The Bertz CT molecular complexity index is 949. The summed E-state index contributed by atoms with van der Waals surface area (Å²) >= 11 is 0. The lowest BCUT2D eigenvalue weighted by atomic mass is 9.62. The summed E-state index contributed by atoms with van der Waals surface area (Å²) in [7, 11) is 1.34. The maximum Gasteiger partial charge on any atom is 0.330 e. The molecule has 1 aliphatic rings. The first kappa shape index (κ1) is 20.2. The Labute approximate surface area is 168 Å². The average Bonchev–Trinajstić information content (AvgIpc) is 2.64. The number of ether oxygens (including phenoxy) is 1. The van der Waals surface area contributed by atoms with Gasteiger partial charge in [0, 0.05) is 11.6 Å². The highest BCUT2D eigenvalue weighted by molar-refractivity contribution is 5.88. The number of esters is 1. The van der Waals surface area contributed by atoms with Crippen LogP contribution in [0.1, 0.15) is 62.8 Å². The molecule has 0 spiro atoms. The van der Waals surface area contributed by atoms with E-state index in [-0.39, 0.29) is 16.6 Å². The van der Waals surface area contributed by atoms with E-state index in [4.69, 9.17) is 0 Å². The van der Waals surface area contributed by atoms with E-state index < -0.39 is 5.97 Å². The maximum atomic E-state index is 11.4. The van der Waals surface area contributed by atoms with E-state index in [2.05, 4.69) is 51.5 Å². The molecule has 1 aliphatic carbocycles. The fourth-order valence-corrected chi connectivity index (χ4v) is 4.11. The Hall–Kier alpha value is -2.55. The van der Waals surface area contributed by atoms with Gasteiger partial charge in [-0.1, -0.05) is 45.9 Å². The van der Waals surface area contributed by atoms with E-state index in [1.807, 2.05) is 12.1 Å².